The summed E-state index contributed by atoms with van der Waals surface area (Å²) in [6.45, 7) is 6.84. The molecule has 1 atom stereocenters. The smallest absolute Gasteiger partial charge is 0.309 e. The molecule has 9 heteroatoms. The Bertz CT molecular complexity index is 613. The van der Waals surface area contributed by atoms with Crippen molar-refractivity contribution in [2.45, 2.75) is 71.8 Å². The summed E-state index contributed by atoms with van der Waals surface area (Å²) in [5.41, 5.74) is 2.17. The summed E-state index contributed by atoms with van der Waals surface area (Å²) in [6, 6.07) is -0.829. The zero-order valence-corrected chi connectivity index (χ0v) is 19.6. The van der Waals surface area contributed by atoms with Crippen molar-refractivity contribution in [2.24, 2.45) is 16.4 Å². The minimum absolute atomic E-state index is 0. The number of carbonyl (C=O) groups is 3. The Labute approximate surface area is 184 Å². The number of nitrogens with one attached hydrogen (secondary N) is 2. The van der Waals surface area contributed by atoms with Crippen molar-refractivity contribution in [2.75, 3.05) is 19.3 Å². The van der Waals surface area contributed by atoms with E-state index in [4.69, 9.17) is 0 Å². The molecule has 7 nitrogen and oxygen atoms in total. The number of rotatable bonds is 6. The van der Waals surface area contributed by atoms with Gasteiger partial charge in [0.15, 0.2) is 5.17 Å². The van der Waals surface area contributed by atoms with Crippen LogP contribution >= 0.6 is 24.2 Å². The maximum Gasteiger partial charge on any atom is 0.309 e. The van der Waals surface area contributed by atoms with Gasteiger partial charge in [0.25, 0.3) is 0 Å². The van der Waals surface area contributed by atoms with E-state index in [0.717, 1.165) is 50.8 Å². The quantitative estimate of drug-likeness (QED) is 0.372. The number of halogens is 1. The van der Waals surface area contributed by atoms with Crippen LogP contribution in [0.1, 0.15) is 65.7 Å². The van der Waals surface area contributed by atoms with Crippen LogP contribution in [0.15, 0.2) is 5.10 Å². The van der Waals surface area contributed by atoms with E-state index in [1.165, 1.54) is 11.8 Å². The van der Waals surface area contributed by atoms with Crippen molar-refractivity contribution in [3.8, 4) is 0 Å². The van der Waals surface area contributed by atoms with Gasteiger partial charge in [0.2, 0.25) is 11.7 Å². The van der Waals surface area contributed by atoms with Gasteiger partial charge in [0.1, 0.15) is 0 Å². The van der Waals surface area contributed by atoms with Gasteiger partial charge in [-0.25, -0.2) is 5.43 Å². The van der Waals surface area contributed by atoms with E-state index in [1.807, 2.05) is 32.7 Å². The maximum atomic E-state index is 12.8. The molecule has 1 aliphatic heterocycles. The molecule has 0 spiro atoms. The fourth-order valence-electron chi connectivity index (χ4n) is 3.56. The molecular formula is C20H35ClN4O3S. The predicted molar refractivity (Wildman–Crippen MR) is 120 cm³/mol. The van der Waals surface area contributed by atoms with E-state index in [-0.39, 0.29) is 29.6 Å². The molecule has 29 heavy (non-hydrogen) atoms. The van der Waals surface area contributed by atoms with E-state index in [9.17, 15) is 14.4 Å². The van der Waals surface area contributed by atoms with Gasteiger partial charge >= 0.3 is 5.91 Å². The van der Waals surface area contributed by atoms with E-state index in [0.29, 0.717) is 11.6 Å². The summed E-state index contributed by atoms with van der Waals surface area (Å²) in [6.07, 6.45) is 6.51. The summed E-state index contributed by atoms with van der Waals surface area (Å²) in [5.74, 6) is -0.668. The highest BCUT2D eigenvalue weighted by atomic mass is 35.5. The Morgan fingerprint density at radius 3 is 2.31 bits per heavy atom. The van der Waals surface area contributed by atoms with Gasteiger partial charge in [-0.1, -0.05) is 58.2 Å². The van der Waals surface area contributed by atoms with E-state index in [1.54, 1.807) is 0 Å². The van der Waals surface area contributed by atoms with E-state index in [2.05, 4.69) is 15.8 Å². The maximum absolute atomic E-state index is 12.8. The lowest BCUT2D eigenvalue weighted by atomic mass is 9.86. The van der Waals surface area contributed by atoms with Crippen LogP contribution in [-0.4, -0.2) is 53.1 Å². The highest BCUT2D eigenvalue weighted by Gasteiger charge is 2.33. The monoisotopic (exact) mass is 446 g/mol. The average molecular weight is 447 g/mol. The summed E-state index contributed by atoms with van der Waals surface area (Å²) < 4.78 is 0. The first-order chi connectivity index (χ1) is 13.2. The van der Waals surface area contributed by atoms with Crippen molar-refractivity contribution in [3.05, 3.63) is 0 Å². The van der Waals surface area contributed by atoms with Gasteiger partial charge < -0.3 is 10.2 Å². The first-order valence-electron chi connectivity index (χ1n) is 10.2. The summed E-state index contributed by atoms with van der Waals surface area (Å²) in [5, 5.41) is 7.62. The molecule has 2 fully saturated rings. The van der Waals surface area contributed by atoms with Crippen LogP contribution in [0.5, 0.6) is 0 Å². The van der Waals surface area contributed by atoms with Crippen LogP contribution in [0.25, 0.3) is 0 Å². The molecule has 0 radical (unpaired) electrons. The summed E-state index contributed by atoms with van der Waals surface area (Å²) in [4.78, 5) is 39.9. The highest BCUT2D eigenvalue weighted by Crippen LogP contribution is 2.25. The molecule has 2 rings (SSSR count). The zero-order chi connectivity index (χ0) is 20.7. The molecule has 1 heterocycles. The normalized spacial score (nSPS) is 20.6. The minimum Gasteiger partial charge on any atom is -0.352 e. The van der Waals surface area contributed by atoms with E-state index >= 15 is 0 Å². The molecule has 1 saturated heterocycles. The van der Waals surface area contributed by atoms with Gasteiger partial charge in [0, 0.05) is 25.3 Å². The second-order valence-electron chi connectivity index (χ2n) is 8.98. The SMILES string of the molecule is CN1CCS/C1=N\NC(=O)C(=O)C(CC(C)(C)C)NC(=O)C1CCCCCC1.Cl. The molecule has 0 aromatic rings. The lowest BCUT2D eigenvalue weighted by Gasteiger charge is -2.27. The van der Waals surface area contributed by atoms with Gasteiger partial charge in [-0.2, -0.15) is 0 Å². The number of amidine groups is 1. The second kappa shape index (κ2) is 11.8. The zero-order valence-electron chi connectivity index (χ0n) is 18.0. The number of Topliss-reactive ketones (excluding diaryl/α,β-unsaturated/α-hetero) is 1. The third-order valence-corrected chi connectivity index (χ3v) is 6.18. The molecule has 0 aromatic carbocycles. The third kappa shape index (κ3) is 8.54. The molecule has 1 saturated carbocycles. The van der Waals surface area contributed by atoms with Gasteiger partial charge in [-0.15, -0.1) is 17.5 Å². The minimum atomic E-state index is -0.829. The Kier molecular flexibility index (Phi) is 10.5. The molecule has 0 aromatic heterocycles. The molecule has 2 aliphatic rings. The summed E-state index contributed by atoms with van der Waals surface area (Å²) in [7, 11) is 1.89. The first-order valence-corrected chi connectivity index (χ1v) is 11.2. The number of ketones is 1. The standard InChI is InChI=1S/C20H34N4O3S.ClH/c1-20(2,3)13-15(21-17(26)14-9-7-5-6-8-10-14)16(25)18(27)22-23-19-24(4)11-12-28-19;/h14-15H,5-13H2,1-4H3,(H,21,26)(H,22,27);1H/b23-19-;. The number of carbonyl (C=O) groups excluding carboxylic acids is 3. The molecule has 2 amide bonds. The molecule has 1 aliphatic carbocycles. The Hall–Kier alpha value is -1.28. The van der Waals surface area contributed by atoms with Gasteiger partial charge in [-0.3, -0.25) is 14.4 Å². The van der Waals surface area contributed by atoms with Gasteiger partial charge in [0.05, 0.1) is 6.04 Å². The third-order valence-electron chi connectivity index (χ3n) is 5.14. The topological polar surface area (TPSA) is 90.9 Å². The molecular weight excluding hydrogens is 412 g/mol. The number of nitrogens with zero attached hydrogens (tertiary/aromatic N) is 2. The van der Waals surface area contributed by atoms with Gasteiger partial charge in [-0.05, 0) is 24.7 Å². The second-order valence-corrected chi connectivity index (χ2v) is 10.0. The van der Waals surface area contributed by atoms with Crippen molar-refractivity contribution in [1.29, 1.82) is 0 Å². The number of hydrogen-bond donors (Lipinski definition) is 2. The Morgan fingerprint density at radius 1 is 1.17 bits per heavy atom. The van der Waals surface area contributed by atoms with Crippen molar-refractivity contribution >= 4 is 46.9 Å². The summed E-state index contributed by atoms with van der Waals surface area (Å²) >= 11 is 1.53. The number of hydrogen-bond acceptors (Lipinski definition) is 5. The van der Waals surface area contributed by atoms with E-state index < -0.39 is 17.7 Å². The number of hydrazone groups is 1. The fraction of sp³-hybridized carbons (Fsp3) is 0.800. The highest BCUT2D eigenvalue weighted by molar-refractivity contribution is 8.14. The van der Waals surface area contributed by atoms with Crippen LogP contribution in [0, 0.1) is 11.3 Å². The largest absolute Gasteiger partial charge is 0.352 e. The van der Waals surface area contributed by atoms with Crippen molar-refractivity contribution < 1.29 is 14.4 Å². The average Bonchev–Trinajstić information content (AvgIpc) is 2.85. The van der Waals surface area contributed by atoms with Crippen LogP contribution < -0.4 is 10.7 Å². The molecule has 2 N–H and O–H groups in total. The van der Waals surface area contributed by atoms with Crippen LogP contribution in [0.4, 0.5) is 0 Å². The number of thioether (sulfide) groups is 1. The predicted octanol–water partition coefficient (Wildman–Crippen LogP) is 2.93. The molecule has 166 valence electrons. The van der Waals surface area contributed by atoms with Crippen LogP contribution in [0.2, 0.25) is 0 Å². The Balaban J connectivity index is 0.00000420. The molecule has 1 unspecified atom stereocenters. The lowest BCUT2D eigenvalue weighted by Crippen LogP contribution is -2.50. The van der Waals surface area contributed by atoms with Crippen LogP contribution in [0.3, 0.4) is 0 Å². The first kappa shape index (κ1) is 25.8. The van der Waals surface area contributed by atoms with Crippen molar-refractivity contribution in [3.63, 3.8) is 0 Å². The molecule has 0 bridgehead atoms. The van der Waals surface area contributed by atoms with Crippen LogP contribution in [-0.2, 0) is 14.4 Å². The Morgan fingerprint density at radius 2 is 1.79 bits per heavy atom. The lowest BCUT2D eigenvalue weighted by molar-refractivity contribution is -0.141. The fourth-order valence-corrected chi connectivity index (χ4v) is 4.53. The van der Waals surface area contributed by atoms with Crippen molar-refractivity contribution in [1.82, 2.24) is 15.6 Å². The number of amides is 2.